The van der Waals surface area contributed by atoms with E-state index < -0.39 is 0 Å². The van der Waals surface area contributed by atoms with Crippen molar-refractivity contribution in [1.82, 2.24) is 0 Å². The first kappa shape index (κ1) is 12.6. The predicted molar refractivity (Wildman–Crippen MR) is 94.1 cm³/mol. The maximum absolute atomic E-state index is 13.2. The van der Waals surface area contributed by atoms with Gasteiger partial charge >= 0.3 is 0 Å². The van der Waals surface area contributed by atoms with Gasteiger partial charge in [0.1, 0.15) is 0 Å². The number of ketones is 1. The van der Waals surface area contributed by atoms with E-state index in [1.54, 1.807) is 0 Å². The molecule has 0 spiro atoms. The summed E-state index contributed by atoms with van der Waals surface area (Å²) in [5.41, 5.74) is 4.03. The highest BCUT2D eigenvalue weighted by molar-refractivity contribution is 6.25. The SMILES string of the molecule is O=C1c2ccccc2Cc2c1c1ccccc1c1ccccc21. The summed E-state index contributed by atoms with van der Waals surface area (Å²) in [6, 6.07) is 24.7. The minimum absolute atomic E-state index is 0.156. The third-order valence-corrected chi connectivity index (χ3v) is 4.90. The Kier molecular flexibility index (Phi) is 2.48. The van der Waals surface area contributed by atoms with Crippen LogP contribution in [0.15, 0.2) is 72.8 Å². The molecule has 4 aromatic rings. The van der Waals surface area contributed by atoms with Crippen LogP contribution in [-0.2, 0) is 6.42 Å². The summed E-state index contributed by atoms with van der Waals surface area (Å²) < 4.78 is 0. The van der Waals surface area contributed by atoms with Gasteiger partial charge < -0.3 is 0 Å². The molecule has 1 nitrogen and oxygen atoms in total. The molecule has 0 N–H and O–H groups in total. The maximum atomic E-state index is 13.2. The van der Waals surface area contributed by atoms with Crippen molar-refractivity contribution in [3.05, 3.63) is 95.1 Å². The number of hydrogen-bond donors (Lipinski definition) is 0. The number of carbonyl (C=O) groups excluding carboxylic acids is 1. The number of carbonyl (C=O) groups is 1. The van der Waals surface area contributed by atoms with Gasteiger partial charge in [0.05, 0.1) is 0 Å². The summed E-state index contributed by atoms with van der Waals surface area (Å²) in [4.78, 5) is 13.2. The second-order valence-corrected chi connectivity index (χ2v) is 6.11. The first-order chi connectivity index (χ1) is 11.3. The molecule has 0 saturated carbocycles. The van der Waals surface area contributed by atoms with E-state index in [1.807, 2.05) is 30.3 Å². The van der Waals surface area contributed by atoms with Crippen molar-refractivity contribution in [2.75, 3.05) is 0 Å². The fraction of sp³-hybridized carbons (Fsp3) is 0.0455. The Bertz CT molecular complexity index is 1110. The lowest BCUT2D eigenvalue weighted by molar-refractivity contribution is 0.103. The highest BCUT2D eigenvalue weighted by atomic mass is 16.1. The number of hydrogen-bond acceptors (Lipinski definition) is 1. The highest BCUT2D eigenvalue weighted by Crippen LogP contribution is 2.38. The van der Waals surface area contributed by atoms with Crippen molar-refractivity contribution in [1.29, 1.82) is 0 Å². The monoisotopic (exact) mass is 294 g/mol. The normalized spacial score (nSPS) is 13.1. The van der Waals surface area contributed by atoms with E-state index in [0.717, 1.165) is 33.9 Å². The molecule has 0 radical (unpaired) electrons. The number of rotatable bonds is 0. The third-order valence-electron chi connectivity index (χ3n) is 4.90. The average Bonchev–Trinajstić information content (AvgIpc) is 2.62. The van der Waals surface area contributed by atoms with Gasteiger partial charge in [-0.25, -0.2) is 0 Å². The van der Waals surface area contributed by atoms with Crippen molar-refractivity contribution in [3.8, 4) is 0 Å². The van der Waals surface area contributed by atoms with Crippen LogP contribution in [0.4, 0.5) is 0 Å². The maximum Gasteiger partial charge on any atom is 0.194 e. The van der Waals surface area contributed by atoms with Crippen LogP contribution in [0.5, 0.6) is 0 Å². The van der Waals surface area contributed by atoms with Gasteiger partial charge in [-0.2, -0.15) is 0 Å². The molecule has 1 aliphatic rings. The molecule has 5 rings (SSSR count). The molecule has 0 fully saturated rings. The molecule has 1 heteroatoms. The molecular formula is C22H14O. The summed E-state index contributed by atoms with van der Waals surface area (Å²) in [5, 5.41) is 4.66. The van der Waals surface area contributed by atoms with Crippen LogP contribution < -0.4 is 0 Å². The Morgan fingerprint density at radius 1 is 0.609 bits per heavy atom. The van der Waals surface area contributed by atoms with Gasteiger partial charge in [-0.15, -0.1) is 0 Å². The molecule has 0 aliphatic heterocycles. The lowest BCUT2D eigenvalue weighted by atomic mass is 9.79. The van der Waals surface area contributed by atoms with Crippen LogP contribution in [0, 0.1) is 0 Å². The molecule has 108 valence electrons. The first-order valence-corrected chi connectivity index (χ1v) is 7.89. The molecule has 23 heavy (non-hydrogen) atoms. The lowest BCUT2D eigenvalue weighted by Crippen LogP contribution is -2.16. The second-order valence-electron chi connectivity index (χ2n) is 6.11. The van der Waals surface area contributed by atoms with Gasteiger partial charge in [0.2, 0.25) is 0 Å². The van der Waals surface area contributed by atoms with Gasteiger partial charge in [-0.05, 0) is 39.1 Å². The van der Waals surface area contributed by atoms with E-state index in [2.05, 4.69) is 42.5 Å². The number of fused-ring (bicyclic) bond motifs is 7. The molecule has 0 bridgehead atoms. The van der Waals surface area contributed by atoms with Crippen molar-refractivity contribution in [2.45, 2.75) is 6.42 Å². The van der Waals surface area contributed by atoms with Crippen molar-refractivity contribution < 1.29 is 4.79 Å². The van der Waals surface area contributed by atoms with Crippen LogP contribution in [0.3, 0.4) is 0 Å². The Hall–Kier alpha value is -2.93. The summed E-state index contributed by atoms with van der Waals surface area (Å²) >= 11 is 0. The van der Waals surface area contributed by atoms with E-state index in [0.29, 0.717) is 0 Å². The second kappa shape index (κ2) is 4.53. The molecular weight excluding hydrogens is 280 g/mol. The quantitative estimate of drug-likeness (QED) is 0.362. The fourth-order valence-corrected chi connectivity index (χ4v) is 3.88. The molecule has 0 aromatic heterocycles. The third kappa shape index (κ3) is 1.65. The summed E-state index contributed by atoms with van der Waals surface area (Å²) in [7, 11) is 0. The van der Waals surface area contributed by atoms with Gasteiger partial charge in [-0.3, -0.25) is 4.79 Å². The lowest BCUT2D eigenvalue weighted by Gasteiger charge is -2.22. The Balaban J connectivity index is 2.00. The summed E-state index contributed by atoms with van der Waals surface area (Å²) in [5.74, 6) is 0.156. The molecule has 4 aromatic carbocycles. The topological polar surface area (TPSA) is 17.1 Å². The van der Waals surface area contributed by atoms with Crippen LogP contribution >= 0.6 is 0 Å². The van der Waals surface area contributed by atoms with Crippen LogP contribution in [0.25, 0.3) is 21.5 Å². The first-order valence-electron chi connectivity index (χ1n) is 7.89. The van der Waals surface area contributed by atoms with Crippen molar-refractivity contribution in [3.63, 3.8) is 0 Å². The van der Waals surface area contributed by atoms with E-state index in [-0.39, 0.29) is 5.78 Å². The largest absolute Gasteiger partial charge is 0.289 e. The molecule has 1 aliphatic carbocycles. The molecule has 0 saturated heterocycles. The van der Waals surface area contributed by atoms with E-state index in [1.165, 1.54) is 16.3 Å². The molecule has 0 atom stereocenters. The van der Waals surface area contributed by atoms with Crippen molar-refractivity contribution >= 4 is 27.3 Å². The van der Waals surface area contributed by atoms with Crippen LogP contribution in [-0.4, -0.2) is 5.78 Å². The fourth-order valence-electron chi connectivity index (χ4n) is 3.88. The zero-order chi connectivity index (χ0) is 15.4. The van der Waals surface area contributed by atoms with E-state index in [4.69, 9.17) is 0 Å². The van der Waals surface area contributed by atoms with E-state index >= 15 is 0 Å². The molecule has 0 unspecified atom stereocenters. The van der Waals surface area contributed by atoms with Gasteiger partial charge in [0.15, 0.2) is 5.78 Å². The van der Waals surface area contributed by atoms with Crippen molar-refractivity contribution in [2.24, 2.45) is 0 Å². The Labute approximate surface area is 134 Å². The standard InChI is InChI=1S/C22H14O/c23-22-15-8-2-1-7-14(15)13-20-18-11-4-3-9-16(18)17-10-5-6-12-19(17)21(20)22/h1-12H,13H2. The summed E-state index contributed by atoms with van der Waals surface area (Å²) in [6.07, 6.45) is 0.822. The average molecular weight is 294 g/mol. The van der Waals surface area contributed by atoms with Gasteiger partial charge in [0, 0.05) is 11.1 Å². The van der Waals surface area contributed by atoms with Crippen LogP contribution in [0.2, 0.25) is 0 Å². The predicted octanol–water partition coefficient (Wildman–Crippen LogP) is 5.13. The van der Waals surface area contributed by atoms with Gasteiger partial charge in [-0.1, -0.05) is 72.8 Å². The molecule has 0 amide bonds. The Morgan fingerprint density at radius 3 is 1.96 bits per heavy atom. The highest BCUT2D eigenvalue weighted by Gasteiger charge is 2.26. The van der Waals surface area contributed by atoms with Gasteiger partial charge in [0.25, 0.3) is 0 Å². The minimum Gasteiger partial charge on any atom is -0.289 e. The molecule has 0 heterocycles. The van der Waals surface area contributed by atoms with E-state index in [9.17, 15) is 4.79 Å². The number of benzene rings is 4. The minimum atomic E-state index is 0.156. The zero-order valence-electron chi connectivity index (χ0n) is 12.5. The summed E-state index contributed by atoms with van der Waals surface area (Å²) in [6.45, 7) is 0. The zero-order valence-corrected chi connectivity index (χ0v) is 12.5. The van der Waals surface area contributed by atoms with Crippen LogP contribution in [0.1, 0.15) is 27.0 Å². The Morgan fingerprint density at radius 2 is 1.17 bits per heavy atom. The smallest absolute Gasteiger partial charge is 0.194 e.